The van der Waals surface area contributed by atoms with Crippen LogP contribution in [0.2, 0.25) is 0 Å². The van der Waals surface area contributed by atoms with Gasteiger partial charge in [-0.1, -0.05) is 38.0 Å². The summed E-state index contributed by atoms with van der Waals surface area (Å²) in [5, 5.41) is 6.26. The third-order valence-electron chi connectivity index (χ3n) is 2.83. The van der Waals surface area contributed by atoms with Crippen LogP contribution >= 0.6 is 0 Å². The Balaban J connectivity index is 2.02. The van der Waals surface area contributed by atoms with E-state index in [1.807, 2.05) is 30.3 Å². The number of para-hydroxylation sites is 1. The van der Waals surface area contributed by atoms with E-state index in [0.29, 0.717) is 0 Å². The van der Waals surface area contributed by atoms with Crippen molar-refractivity contribution in [1.82, 2.24) is 9.78 Å². The van der Waals surface area contributed by atoms with Gasteiger partial charge < -0.3 is 5.32 Å². The number of hydrogen-bond donors (Lipinski definition) is 2. The van der Waals surface area contributed by atoms with Gasteiger partial charge in [-0.25, -0.2) is 0 Å². The fourth-order valence-electron chi connectivity index (χ4n) is 1.86. The first kappa shape index (κ1) is 12.5. The van der Waals surface area contributed by atoms with Crippen molar-refractivity contribution >= 4 is 11.5 Å². The summed E-state index contributed by atoms with van der Waals surface area (Å²) in [7, 11) is 0. The van der Waals surface area contributed by atoms with Gasteiger partial charge >= 0.3 is 0 Å². The minimum atomic E-state index is 0.0181. The predicted octanol–water partition coefficient (Wildman–Crippen LogP) is 3.11. The summed E-state index contributed by atoms with van der Waals surface area (Å²) in [5.41, 5.74) is 0.990. The largest absolute Gasteiger partial charge is 0.341 e. The van der Waals surface area contributed by atoms with Gasteiger partial charge in [0.05, 0.1) is 0 Å². The monoisotopic (exact) mass is 245 g/mol. The molecular formula is C14H19N3O. The highest BCUT2D eigenvalue weighted by Gasteiger charge is 2.02. The Hall–Kier alpha value is -1.97. The zero-order chi connectivity index (χ0) is 12.8. The molecule has 2 rings (SSSR count). The van der Waals surface area contributed by atoms with Crippen molar-refractivity contribution in [2.24, 2.45) is 0 Å². The van der Waals surface area contributed by atoms with Crippen molar-refractivity contribution in [2.75, 3.05) is 5.32 Å². The highest BCUT2D eigenvalue weighted by atomic mass is 16.1. The summed E-state index contributed by atoms with van der Waals surface area (Å²) < 4.78 is 1.65. The van der Waals surface area contributed by atoms with E-state index < -0.39 is 0 Å². The van der Waals surface area contributed by atoms with Crippen LogP contribution in [0, 0.1) is 0 Å². The summed E-state index contributed by atoms with van der Waals surface area (Å²) in [5.74, 6) is 0.739. The van der Waals surface area contributed by atoms with Crippen LogP contribution in [-0.2, 0) is 6.54 Å². The average Bonchev–Trinajstić information content (AvgIpc) is 2.71. The lowest BCUT2D eigenvalue weighted by Crippen LogP contribution is -2.15. The number of benzene rings is 1. The van der Waals surface area contributed by atoms with Crippen LogP contribution in [0.15, 0.2) is 41.2 Å². The molecule has 0 fully saturated rings. The molecule has 2 aromatic rings. The molecule has 4 nitrogen and oxygen atoms in total. The lowest BCUT2D eigenvalue weighted by Gasteiger charge is -2.04. The lowest BCUT2D eigenvalue weighted by molar-refractivity contribution is 0.542. The summed E-state index contributed by atoms with van der Waals surface area (Å²) in [6, 6.07) is 11.4. The Bertz CT molecular complexity index is 527. The standard InChI is InChI=1S/C14H19N3O/c1-2-3-7-10-17-14(18)11-13(16-17)15-12-8-5-4-6-9-12/h4-6,8-9,11,15-16H,2-3,7,10H2,1H3. The molecule has 96 valence electrons. The number of nitrogens with zero attached hydrogens (tertiary/aromatic N) is 1. The summed E-state index contributed by atoms with van der Waals surface area (Å²) in [6.07, 6.45) is 3.33. The maximum Gasteiger partial charge on any atom is 0.268 e. The van der Waals surface area contributed by atoms with Crippen molar-refractivity contribution < 1.29 is 0 Å². The number of hydrogen-bond acceptors (Lipinski definition) is 2. The van der Waals surface area contributed by atoms with Gasteiger partial charge in [-0.2, -0.15) is 0 Å². The van der Waals surface area contributed by atoms with Gasteiger partial charge in [0.25, 0.3) is 5.56 Å². The molecule has 2 N–H and O–H groups in total. The van der Waals surface area contributed by atoms with Gasteiger partial charge in [0.1, 0.15) is 5.82 Å². The van der Waals surface area contributed by atoms with E-state index in [2.05, 4.69) is 17.3 Å². The quantitative estimate of drug-likeness (QED) is 0.768. The maximum atomic E-state index is 11.7. The number of rotatable bonds is 6. The molecule has 0 spiro atoms. The van der Waals surface area contributed by atoms with Gasteiger partial charge in [0, 0.05) is 18.3 Å². The SMILES string of the molecule is CCCCCn1[nH]c(Nc2ccccc2)cc1=O. The van der Waals surface area contributed by atoms with Crippen molar-refractivity contribution in [2.45, 2.75) is 32.7 Å². The topological polar surface area (TPSA) is 49.8 Å². The number of H-pyrrole nitrogens is 1. The number of aromatic amines is 1. The Kier molecular flexibility index (Phi) is 4.23. The molecule has 4 heteroatoms. The third kappa shape index (κ3) is 3.26. The molecule has 1 aromatic heterocycles. The number of nitrogens with one attached hydrogen (secondary N) is 2. The van der Waals surface area contributed by atoms with Crippen molar-refractivity contribution in [3.05, 3.63) is 46.8 Å². The lowest BCUT2D eigenvalue weighted by atomic mass is 10.2. The molecule has 18 heavy (non-hydrogen) atoms. The normalized spacial score (nSPS) is 10.5. The minimum absolute atomic E-state index is 0.0181. The highest BCUT2D eigenvalue weighted by molar-refractivity contribution is 5.54. The second kappa shape index (κ2) is 6.10. The van der Waals surface area contributed by atoms with E-state index in [4.69, 9.17) is 0 Å². The predicted molar refractivity (Wildman–Crippen MR) is 74.3 cm³/mol. The van der Waals surface area contributed by atoms with Gasteiger partial charge in [-0.3, -0.25) is 14.6 Å². The molecule has 1 aromatic carbocycles. The number of anilines is 2. The van der Waals surface area contributed by atoms with Crippen LogP contribution in [0.5, 0.6) is 0 Å². The molecule has 0 unspecified atom stereocenters. The van der Waals surface area contributed by atoms with Crippen LogP contribution in [0.4, 0.5) is 11.5 Å². The van der Waals surface area contributed by atoms with Crippen LogP contribution in [0.3, 0.4) is 0 Å². The zero-order valence-corrected chi connectivity index (χ0v) is 10.6. The molecule has 0 saturated heterocycles. The van der Waals surface area contributed by atoms with E-state index >= 15 is 0 Å². The van der Waals surface area contributed by atoms with Crippen LogP contribution in [0.1, 0.15) is 26.2 Å². The van der Waals surface area contributed by atoms with Crippen LogP contribution < -0.4 is 10.9 Å². The summed E-state index contributed by atoms with van der Waals surface area (Å²) in [6.45, 7) is 2.91. The second-order valence-electron chi connectivity index (χ2n) is 4.36. The van der Waals surface area contributed by atoms with E-state index in [9.17, 15) is 4.79 Å². The Morgan fingerprint density at radius 2 is 2.00 bits per heavy atom. The molecule has 0 radical (unpaired) electrons. The van der Waals surface area contributed by atoms with Gasteiger partial charge in [0.15, 0.2) is 0 Å². The van der Waals surface area contributed by atoms with Gasteiger partial charge in [0.2, 0.25) is 0 Å². The number of aromatic nitrogens is 2. The van der Waals surface area contributed by atoms with E-state index in [0.717, 1.165) is 37.3 Å². The average molecular weight is 245 g/mol. The first-order chi connectivity index (χ1) is 8.79. The highest BCUT2D eigenvalue weighted by Crippen LogP contribution is 2.11. The number of aryl methyl sites for hydroxylation is 1. The van der Waals surface area contributed by atoms with Gasteiger partial charge in [-0.15, -0.1) is 0 Å². The molecule has 1 heterocycles. The van der Waals surface area contributed by atoms with E-state index in [1.54, 1.807) is 10.7 Å². The minimum Gasteiger partial charge on any atom is -0.341 e. The second-order valence-corrected chi connectivity index (χ2v) is 4.36. The fourth-order valence-corrected chi connectivity index (χ4v) is 1.86. The smallest absolute Gasteiger partial charge is 0.268 e. The fraction of sp³-hybridized carbons (Fsp3) is 0.357. The summed E-state index contributed by atoms with van der Waals surface area (Å²) in [4.78, 5) is 11.7. The molecule has 0 aliphatic rings. The van der Waals surface area contributed by atoms with Crippen molar-refractivity contribution in [1.29, 1.82) is 0 Å². The molecule has 0 atom stereocenters. The van der Waals surface area contributed by atoms with Crippen molar-refractivity contribution in [3.63, 3.8) is 0 Å². The third-order valence-corrected chi connectivity index (χ3v) is 2.83. The summed E-state index contributed by atoms with van der Waals surface area (Å²) >= 11 is 0. The maximum absolute atomic E-state index is 11.7. The number of unbranched alkanes of at least 4 members (excludes halogenated alkanes) is 2. The van der Waals surface area contributed by atoms with E-state index in [1.165, 1.54) is 0 Å². The van der Waals surface area contributed by atoms with Crippen LogP contribution in [0.25, 0.3) is 0 Å². The molecule has 0 amide bonds. The molecular weight excluding hydrogens is 226 g/mol. The Morgan fingerprint density at radius 3 is 2.72 bits per heavy atom. The zero-order valence-electron chi connectivity index (χ0n) is 10.6. The molecule has 0 aliphatic carbocycles. The van der Waals surface area contributed by atoms with Gasteiger partial charge in [-0.05, 0) is 18.6 Å². The molecule has 0 aliphatic heterocycles. The molecule has 0 bridgehead atoms. The Morgan fingerprint density at radius 1 is 1.22 bits per heavy atom. The van der Waals surface area contributed by atoms with Crippen LogP contribution in [-0.4, -0.2) is 9.78 Å². The first-order valence-electron chi connectivity index (χ1n) is 6.41. The van der Waals surface area contributed by atoms with Crippen molar-refractivity contribution in [3.8, 4) is 0 Å². The molecule has 0 saturated carbocycles. The Labute approximate surface area is 107 Å². The van der Waals surface area contributed by atoms with E-state index in [-0.39, 0.29) is 5.56 Å². The first-order valence-corrected chi connectivity index (χ1v) is 6.41.